The first-order valence-electron chi connectivity index (χ1n) is 12.3. The van der Waals surface area contributed by atoms with Gasteiger partial charge >= 0.3 is 26.2 Å². The zero-order valence-corrected chi connectivity index (χ0v) is 27.3. The van der Waals surface area contributed by atoms with E-state index in [2.05, 4.69) is 85.0 Å². The van der Waals surface area contributed by atoms with Crippen molar-refractivity contribution in [3.05, 3.63) is 165 Å². The summed E-state index contributed by atoms with van der Waals surface area (Å²) >= 11 is 22.0. The molecule has 2 N–H and O–H groups in total. The van der Waals surface area contributed by atoms with Crippen LogP contribution in [-0.2, 0) is 26.2 Å². The number of benzene rings is 4. The van der Waals surface area contributed by atoms with E-state index in [-0.39, 0.29) is 47.7 Å². The fourth-order valence-corrected chi connectivity index (χ4v) is 4.22. The molecule has 0 spiro atoms. The van der Waals surface area contributed by atoms with Crippen molar-refractivity contribution in [1.82, 2.24) is 0 Å². The SMILES string of the molecule is Oc1ccc(Cl)cc1Cl.Oc1ccc(Cl)cc1Cl.[C-]1=C(c2ccccc2)C=CC1.[C-]1=C(c2ccccc2)C=CC1.[Zr+2]. The van der Waals surface area contributed by atoms with Gasteiger partial charge in [0.2, 0.25) is 0 Å². The van der Waals surface area contributed by atoms with E-state index in [1.165, 1.54) is 46.5 Å². The van der Waals surface area contributed by atoms with Crippen LogP contribution in [-0.4, -0.2) is 10.2 Å². The molecule has 0 heterocycles. The molecule has 0 radical (unpaired) electrons. The number of hydrogen-bond donors (Lipinski definition) is 2. The molecule has 0 saturated heterocycles. The van der Waals surface area contributed by atoms with E-state index in [0.29, 0.717) is 10.0 Å². The molecule has 206 valence electrons. The fraction of sp³-hybridized carbons (Fsp3) is 0.0588. The van der Waals surface area contributed by atoms with Crippen LogP contribution in [0.25, 0.3) is 11.1 Å². The number of phenols is 2. The van der Waals surface area contributed by atoms with E-state index in [9.17, 15) is 0 Å². The van der Waals surface area contributed by atoms with Gasteiger partial charge in [-0.3, -0.25) is 0 Å². The van der Waals surface area contributed by atoms with Gasteiger partial charge in [0.25, 0.3) is 0 Å². The van der Waals surface area contributed by atoms with Gasteiger partial charge in [-0.05, 0) is 36.4 Å². The quantitative estimate of drug-likeness (QED) is 0.205. The monoisotopic (exact) mass is 696 g/mol. The molecule has 41 heavy (non-hydrogen) atoms. The van der Waals surface area contributed by atoms with Crippen LogP contribution in [0.1, 0.15) is 24.0 Å². The van der Waals surface area contributed by atoms with Crippen molar-refractivity contribution < 1.29 is 36.4 Å². The minimum absolute atomic E-state index is 0. The fourth-order valence-electron chi connectivity index (χ4n) is 3.40. The van der Waals surface area contributed by atoms with Gasteiger partial charge in [0.1, 0.15) is 11.5 Å². The van der Waals surface area contributed by atoms with Gasteiger partial charge in [-0.15, -0.1) is 47.5 Å². The molecule has 0 fully saturated rings. The molecule has 2 aliphatic rings. The third-order valence-electron chi connectivity index (χ3n) is 5.38. The van der Waals surface area contributed by atoms with Crippen LogP contribution in [0, 0.1) is 12.2 Å². The molecular formula is C34H26Cl4O2Zr. The summed E-state index contributed by atoms with van der Waals surface area (Å²) in [5, 5.41) is 19.3. The third-order valence-corrected chi connectivity index (χ3v) is 6.45. The molecule has 6 rings (SSSR count). The van der Waals surface area contributed by atoms with Crippen molar-refractivity contribution in [2.75, 3.05) is 0 Å². The van der Waals surface area contributed by atoms with Gasteiger partial charge in [-0.1, -0.05) is 95.6 Å². The first-order chi connectivity index (χ1) is 19.3. The molecule has 0 amide bonds. The second-order valence-electron chi connectivity index (χ2n) is 8.32. The Labute approximate surface area is 281 Å². The Kier molecular flexibility index (Phi) is 15.9. The van der Waals surface area contributed by atoms with E-state index in [1.807, 2.05) is 12.1 Å². The molecular weight excluding hydrogens is 673 g/mol. The molecule has 7 heteroatoms. The maximum Gasteiger partial charge on any atom is 2.00 e. The average molecular weight is 700 g/mol. The summed E-state index contributed by atoms with van der Waals surface area (Å²) in [6.45, 7) is 0. The largest absolute Gasteiger partial charge is 2.00 e. The van der Waals surface area contributed by atoms with Crippen molar-refractivity contribution >= 4 is 57.5 Å². The molecule has 2 aliphatic carbocycles. The zero-order chi connectivity index (χ0) is 28.7. The molecule has 0 aliphatic heterocycles. The van der Waals surface area contributed by atoms with Gasteiger partial charge in [0.15, 0.2) is 0 Å². The summed E-state index contributed by atoms with van der Waals surface area (Å²) in [5.74, 6) is 0.113. The number of halogens is 4. The Hall–Kier alpha value is -2.52. The second-order valence-corrected chi connectivity index (χ2v) is 10.0. The van der Waals surface area contributed by atoms with Crippen LogP contribution in [0.15, 0.2) is 121 Å². The minimum atomic E-state index is 0. The van der Waals surface area contributed by atoms with Gasteiger partial charge in [0.05, 0.1) is 10.0 Å². The third kappa shape index (κ3) is 12.5. The second kappa shape index (κ2) is 18.8. The predicted octanol–water partition coefficient (Wildman–Crippen LogP) is 11.1. The molecule has 0 saturated carbocycles. The summed E-state index contributed by atoms with van der Waals surface area (Å²) in [4.78, 5) is 0. The van der Waals surface area contributed by atoms with Gasteiger partial charge in [-0.2, -0.15) is 35.5 Å². The number of allylic oxidation sites excluding steroid dienone is 8. The zero-order valence-electron chi connectivity index (χ0n) is 21.9. The summed E-state index contributed by atoms with van der Waals surface area (Å²) in [6.07, 6.45) is 17.0. The summed E-state index contributed by atoms with van der Waals surface area (Å²) in [7, 11) is 0. The average Bonchev–Trinajstić information content (AvgIpc) is 3.71. The van der Waals surface area contributed by atoms with Gasteiger partial charge in [0, 0.05) is 10.0 Å². The number of hydrogen-bond acceptors (Lipinski definition) is 2. The molecule has 4 aromatic rings. The van der Waals surface area contributed by atoms with Crippen LogP contribution in [0.4, 0.5) is 0 Å². The van der Waals surface area contributed by atoms with Crippen LogP contribution in [0.5, 0.6) is 11.5 Å². The van der Waals surface area contributed by atoms with Crippen molar-refractivity contribution in [3.63, 3.8) is 0 Å². The van der Waals surface area contributed by atoms with Gasteiger partial charge < -0.3 is 10.2 Å². The Morgan fingerprint density at radius 3 is 1.15 bits per heavy atom. The molecule has 0 aromatic heterocycles. The van der Waals surface area contributed by atoms with E-state index in [4.69, 9.17) is 56.6 Å². The Balaban J connectivity index is 0.000000191. The molecule has 0 bridgehead atoms. The Morgan fingerprint density at radius 2 is 0.878 bits per heavy atom. The smallest absolute Gasteiger partial charge is 0.506 e. The minimum Gasteiger partial charge on any atom is -0.506 e. The maximum atomic E-state index is 8.85. The van der Waals surface area contributed by atoms with Crippen molar-refractivity contribution in [1.29, 1.82) is 0 Å². The van der Waals surface area contributed by atoms with E-state index in [0.717, 1.165) is 12.8 Å². The maximum absolute atomic E-state index is 8.85. The van der Waals surface area contributed by atoms with Crippen LogP contribution >= 0.6 is 46.4 Å². The Morgan fingerprint density at radius 1 is 0.512 bits per heavy atom. The number of aromatic hydroxyl groups is 2. The summed E-state index contributed by atoms with van der Waals surface area (Å²) in [5.41, 5.74) is 4.98. The van der Waals surface area contributed by atoms with Crippen LogP contribution in [0.3, 0.4) is 0 Å². The topological polar surface area (TPSA) is 40.5 Å². The van der Waals surface area contributed by atoms with E-state index < -0.39 is 0 Å². The van der Waals surface area contributed by atoms with Crippen molar-refractivity contribution in [3.8, 4) is 11.5 Å². The normalized spacial score (nSPS) is 12.3. The number of rotatable bonds is 2. The first-order valence-corrected chi connectivity index (χ1v) is 13.8. The van der Waals surface area contributed by atoms with Crippen LogP contribution < -0.4 is 0 Å². The molecule has 2 nitrogen and oxygen atoms in total. The van der Waals surface area contributed by atoms with Crippen molar-refractivity contribution in [2.45, 2.75) is 12.8 Å². The van der Waals surface area contributed by atoms with E-state index in [1.54, 1.807) is 12.1 Å². The summed E-state index contributed by atoms with van der Waals surface area (Å²) < 4.78 is 0. The molecule has 0 unspecified atom stereocenters. The molecule has 0 atom stereocenters. The molecule has 4 aromatic carbocycles. The van der Waals surface area contributed by atoms with Gasteiger partial charge in [-0.25, -0.2) is 0 Å². The standard InChI is InChI=1S/2C11H9.2C6H4Cl2O.Zr/c2*1-2-6-10(7-3-1)11-8-4-5-9-11;2*7-4-1-2-6(9)5(8)3-4;/h2*1-4,6-8H,5H2;2*1-3,9H;/q2*-1;;;+2. The number of phenolic OH excluding ortho intramolecular Hbond substituents is 2. The first kappa shape index (κ1) is 34.7. The van der Waals surface area contributed by atoms with Crippen LogP contribution in [0.2, 0.25) is 20.1 Å². The Bertz CT molecular complexity index is 1380. The predicted molar refractivity (Wildman–Crippen MR) is 170 cm³/mol. The van der Waals surface area contributed by atoms with E-state index >= 15 is 0 Å². The summed E-state index contributed by atoms with van der Waals surface area (Å²) in [6, 6.07) is 29.7. The van der Waals surface area contributed by atoms with Crippen molar-refractivity contribution in [2.24, 2.45) is 0 Å².